The highest BCUT2D eigenvalue weighted by atomic mass is 16.3. The molecular formula is C14H13N3O. The van der Waals surface area contributed by atoms with Gasteiger partial charge in [-0.1, -0.05) is 59.7 Å². The van der Waals surface area contributed by atoms with E-state index in [1.165, 1.54) is 0 Å². The fraction of sp³-hybridized carbons (Fsp3) is 0.143. The lowest BCUT2D eigenvalue weighted by molar-refractivity contribution is 0.187. The van der Waals surface area contributed by atoms with Gasteiger partial charge >= 0.3 is 0 Å². The fourth-order valence-electron chi connectivity index (χ4n) is 1.75. The summed E-state index contributed by atoms with van der Waals surface area (Å²) < 4.78 is 0. The molecule has 0 bridgehead atoms. The van der Waals surface area contributed by atoms with Gasteiger partial charge in [-0.15, -0.1) is 0 Å². The van der Waals surface area contributed by atoms with Crippen LogP contribution in [0.2, 0.25) is 0 Å². The second-order valence-corrected chi connectivity index (χ2v) is 3.92. The molecule has 0 aliphatic heterocycles. The molecule has 0 fully saturated rings. The predicted octanol–water partition coefficient (Wildman–Crippen LogP) is 3.70. The van der Waals surface area contributed by atoms with E-state index < -0.39 is 6.10 Å². The van der Waals surface area contributed by atoms with Gasteiger partial charge in [-0.25, -0.2) is 0 Å². The molecule has 1 atom stereocenters. The number of aliphatic hydroxyl groups is 1. The van der Waals surface area contributed by atoms with Crippen LogP contribution in [0.5, 0.6) is 0 Å². The van der Waals surface area contributed by atoms with Crippen molar-refractivity contribution >= 4 is 0 Å². The Morgan fingerprint density at radius 3 is 2.22 bits per heavy atom. The van der Waals surface area contributed by atoms with E-state index in [9.17, 15) is 5.11 Å². The lowest BCUT2D eigenvalue weighted by Gasteiger charge is -2.08. The first-order chi connectivity index (χ1) is 8.81. The molecule has 0 aliphatic rings. The Labute approximate surface area is 105 Å². The molecule has 2 aromatic rings. The molecule has 0 radical (unpaired) electrons. The highest BCUT2D eigenvalue weighted by Gasteiger charge is 2.06. The molecule has 0 aliphatic carbocycles. The zero-order chi connectivity index (χ0) is 12.8. The third kappa shape index (κ3) is 2.88. The van der Waals surface area contributed by atoms with Crippen LogP contribution < -0.4 is 0 Å². The SMILES string of the molecule is [N-]=[N+]=NC[C@@H](O)c1ccc(-c2ccccc2)cc1. The first kappa shape index (κ1) is 12.2. The average molecular weight is 239 g/mol. The summed E-state index contributed by atoms with van der Waals surface area (Å²) in [6.45, 7) is 0.0567. The summed E-state index contributed by atoms with van der Waals surface area (Å²) >= 11 is 0. The van der Waals surface area contributed by atoms with E-state index in [0.29, 0.717) is 0 Å². The van der Waals surface area contributed by atoms with Crippen LogP contribution in [-0.4, -0.2) is 11.7 Å². The number of nitrogens with zero attached hydrogens (tertiary/aromatic N) is 3. The van der Waals surface area contributed by atoms with E-state index >= 15 is 0 Å². The minimum Gasteiger partial charge on any atom is -0.388 e. The van der Waals surface area contributed by atoms with Gasteiger partial charge in [0.05, 0.1) is 12.6 Å². The zero-order valence-electron chi connectivity index (χ0n) is 9.77. The number of aliphatic hydroxyl groups excluding tert-OH is 1. The molecule has 0 spiro atoms. The molecule has 0 aromatic heterocycles. The zero-order valence-corrected chi connectivity index (χ0v) is 9.77. The largest absolute Gasteiger partial charge is 0.388 e. The summed E-state index contributed by atoms with van der Waals surface area (Å²) in [5.74, 6) is 0. The third-order valence-corrected chi connectivity index (χ3v) is 2.72. The predicted molar refractivity (Wildman–Crippen MR) is 70.9 cm³/mol. The molecule has 0 amide bonds. The summed E-state index contributed by atoms with van der Waals surface area (Å²) in [7, 11) is 0. The molecule has 1 N–H and O–H groups in total. The highest BCUT2D eigenvalue weighted by molar-refractivity contribution is 5.63. The maximum atomic E-state index is 9.75. The first-order valence-corrected chi connectivity index (χ1v) is 5.65. The molecule has 18 heavy (non-hydrogen) atoms. The van der Waals surface area contributed by atoms with Crippen LogP contribution >= 0.6 is 0 Å². The fourth-order valence-corrected chi connectivity index (χ4v) is 1.75. The van der Waals surface area contributed by atoms with Gasteiger partial charge < -0.3 is 5.11 Å². The van der Waals surface area contributed by atoms with Crippen LogP contribution in [0.15, 0.2) is 59.7 Å². The van der Waals surface area contributed by atoms with Gasteiger partial charge in [0.25, 0.3) is 0 Å². The van der Waals surface area contributed by atoms with Crippen molar-refractivity contribution in [2.24, 2.45) is 5.11 Å². The van der Waals surface area contributed by atoms with Crippen LogP contribution in [0.25, 0.3) is 21.6 Å². The average Bonchev–Trinajstić information content (AvgIpc) is 2.46. The van der Waals surface area contributed by atoms with Crippen molar-refractivity contribution in [1.82, 2.24) is 0 Å². The van der Waals surface area contributed by atoms with E-state index in [4.69, 9.17) is 5.53 Å². The molecule has 90 valence electrons. The van der Waals surface area contributed by atoms with Gasteiger partial charge in [0, 0.05) is 4.91 Å². The summed E-state index contributed by atoms with van der Waals surface area (Å²) in [6.07, 6.45) is -0.745. The molecular weight excluding hydrogens is 226 g/mol. The molecule has 0 saturated heterocycles. The Morgan fingerprint density at radius 1 is 1.00 bits per heavy atom. The molecule has 4 heteroatoms. The van der Waals surface area contributed by atoms with Crippen molar-refractivity contribution in [2.75, 3.05) is 6.54 Å². The Bertz CT molecular complexity index is 545. The third-order valence-electron chi connectivity index (χ3n) is 2.72. The standard InChI is InChI=1S/C14H13N3O/c15-17-16-10-14(18)13-8-6-12(7-9-13)11-4-2-1-3-5-11/h1-9,14,18H,10H2/t14-/m1/s1. The quantitative estimate of drug-likeness (QED) is 0.493. The van der Waals surface area contributed by atoms with Crippen LogP contribution in [0.3, 0.4) is 0 Å². The number of azide groups is 1. The minimum atomic E-state index is -0.745. The molecule has 0 heterocycles. The number of rotatable bonds is 4. The normalized spacial score (nSPS) is 11.6. The van der Waals surface area contributed by atoms with Crippen LogP contribution in [0.1, 0.15) is 11.7 Å². The molecule has 0 saturated carbocycles. The van der Waals surface area contributed by atoms with Crippen LogP contribution in [0.4, 0.5) is 0 Å². The molecule has 2 rings (SSSR count). The Morgan fingerprint density at radius 2 is 1.61 bits per heavy atom. The topological polar surface area (TPSA) is 69.0 Å². The van der Waals surface area contributed by atoms with E-state index in [1.807, 2.05) is 54.6 Å². The minimum absolute atomic E-state index is 0.0567. The van der Waals surface area contributed by atoms with Crippen molar-refractivity contribution in [3.63, 3.8) is 0 Å². The van der Waals surface area contributed by atoms with Gasteiger partial charge in [-0.3, -0.25) is 0 Å². The monoisotopic (exact) mass is 239 g/mol. The van der Waals surface area contributed by atoms with Gasteiger partial charge in [-0.2, -0.15) is 0 Å². The first-order valence-electron chi connectivity index (χ1n) is 5.65. The lowest BCUT2D eigenvalue weighted by Crippen LogP contribution is -2.00. The van der Waals surface area contributed by atoms with Gasteiger partial charge in [0.15, 0.2) is 0 Å². The summed E-state index contributed by atoms with van der Waals surface area (Å²) in [5.41, 5.74) is 11.2. The van der Waals surface area contributed by atoms with E-state index in [0.717, 1.165) is 16.7 Å². The second-order valence-electron chi connectivity index (χ2n) is 3.92. The van der Waals surface area contributed by atoms with Crippen LogP contribution in [0, 0.1) is 0 Å². The van der Waals surface area contributed by atoms with Crippen molar-refractivity contribution in [2.45, 2.75) is 6.10 Å². The lowest BCUT2D eigenvalue weighted by atomic mass is 10.0. The summed E-state index contributed by atoms with van der Waals surface area (Å²) in [5, 5.41) is 13.1. The van der Waals surface area contributed by atoms with Crippen molar-refractivity contribution in [3.05, 3.63) is 70.6 Å². The number of hydrogen-bond donors (Lipinski definition) is 1. The summed E-state index contributed by atoms with van der Waals surface area (Å²) in [6, 6.07) is 17.6. The van der Waals surface area contributed by atoms with E-state index in [-0.39, 0.29) is 6.54 Å². The van der Waals surface area contributed by atoms with Crippen molar-refractivity contribution < 1.29 is 5.11 Å². The van der Waals surface area contributed by atoms with Crippen LogP contribution in [-0.2, 0) is 0 Å². The molecule has 4 nitrogen and oxygen atoms in total. The second kappa shape index (κ2) is 5.87. The van der Waals surface area contributed by atoms with Gasteiger partial charge in [-0.05, 0) is 22.2 Å². The Balaban J connectivity index is 2.17. The van der Waals surface area contributed by atoms with Crippen molar-refractivity contribution in [1.29, 1.82) is 0 Å². The summed E-state index contributed by atoms with van der Waals surface area (Å²) in [4.78, 5) is 2.63. The molecule has 0 unspecified atom stereocenters. The maximum Gasteiger partial charge on any atom is 0.0846 e. The number of benzene rings is 2. The van der Waals surface area contributed by atoms with Crippen molar-refractivity contribution in [3.8, 4) is 11.1 Å². The number of hydrogen-bond acceptors (Lipinski definition) is 2. The van der Waals surface area contributed by atoms with E-state index in [1.54, 1.807) is 0 Å². The Kier molecular flexibility index (Phi) is 3.97. The van der Waals surface area contributed by atoms with Gasteiger partial charge in [0.1, 0.15) is 0 Å². The van der Waals surface area contributed by atoms with Gasteiger partial charge in [0.2, 0.25) is 0 Å². The maximum absolute atomic E-state index is 9.75. The Hall–Kier alpha value is -2.29. The van der Waals surface area contributed by atoms with E-state index in [2.05, 4.69) is 10.0 Å². The highest BCUT2D eigenvalue weighted by Crippen LogP contribution is 2.21. The molecule has 2 aromatic carbocycles. The smallest absolute Gasteiger partial charge is 0.0846 e.